The Labute approximate surface area is 105 Å². The second kappa shape index (κ2) is 4.24. The lowest BCUT2D eigenvalue weighted by atomic mass is 9.69. The molecule has 0 spiro atoms. The quantitative estimate of drug-likeness (QED) is 0.688. The SMILES string of the molecule is CC1OCCC[C@@H]1C(C)C1CCC2O[C@@]2(C)C1. The van der Waals surface area contributed by atoms with Gasteiger partial charge in [0, 0.05) is 6.61 Å². The Morgan fingerprint density at radius 2 is 2.06 bits per heavy atom. The first-order chi connectivity index (χ1) is 8.10. The first-order valence-electron chi connectivity index (χ1n) is 7.39. The predicted molar refractivity (Wildman–Crippen MR) is 67.9 cm³/mol. The van der Waals surface area contributed by atoms with Crippen molar-refractivity contribution < 1.29 is 9.47 Å². The van der Waals surface area contributed by atoms with Crippen LogP contribution in [0, 0.1) is 17.8 Å². The normalized spacial score (nSPS) is 51.7. The van der Waals surface area contributed by atoms with Gasteiger partial charge in [0.2, 0.25) is 0 Å². The third-order valence-corrected chi connectivity index (χ3v) is 5.59. The van der Waals surface area contributed by atoms with Crippen LogP contribution in [-0.2, 0) is 9.47 Å². The molecule has 3 fully saturated rings. The molecule has 2 heterocycles. The molecule has 98 valence electrons. The average Bonchev–Trinajstić information content (AvgIpc) is 2.99. The minimum absolute atomic E-state index is 0.246. The van der Waals surface area contributed by atoms with Crippen LogP contribution in [0.5, 0.6) is 0 Å². The van der Waals surface area contributed by atoms with Crippen LogP contribution < -0.4 is 0 Å². The van der Waals surface area contributed by atoms with Crippen LogP contribution in [0.3, 0.4) is 0 Å². The van der Waals surface area contributed by atoms with Gasteiger partial charge in [-0.05, 0) is 63.7 Å². The van der Waals surface area contributed by atoms with Crippen LogP contribution in [-0.4, -0.2) is 24.4 Å². The van der Waals surface area contributed by atoms with E-state index >= 15 is 0 Å². The smallest absolute Gasteiger partial charge is 0.0923 e. The standard InChI is InChI=1S/C15H26O2/c1-10(13-5-4-8-16-11(13)2)12-6-7-14-15(3,9-12)17-14/h10-14H,4-9H2,1-3H3/t10?,11?,12?,13-,14?,15+/m1/s1. The molecule has 6 atom stereocenters. The fraction of sp³-hybridized carbons (Fsp3) is 1.00. The Kier molecular flexibility index (Phi) is 2.99. The van der Waals surface area contributed by atoms with Crippen molar-refractivity contribution in [2.75, 3.05) is 6.61 Å². The molecule has 4 unspecified atom stereocenters. The van der Waals surface area contributed by atoms with Crippen molar-refractivity contribution in [3.63, 3.8) is 0 Å². The van der Waals surface area contributed by atoms with Crippen LogP contribution in [0.15, 0.2) is 0 Å². The zero-order chi connectivity index (χ0) is 12.0. The maximum absolute atomic E-state index is 5.83. The Bertz CT molecular complexity index is 291. The van der Waals surface area contributed by atoms with E-state index in [1.165, 1.54) is 32.1 Å². The Hall–Kier alpha value is -0.0800. The molecule has 0 aromatic rings. The van der Waals surface area contributed by atoms with Crippen LogP contribution in [0.4, 0.5) is 0 Å². The number of ether oxygens (including phenoxy) is 2. The molecule has 0 amide bonds. The summed E-state index contributed by atoms with van der Waals surface area (Å²) in [5.41, 5.74) is 0.246. The van der Waals surface area contributed by atoms with Gasteiger partial charge in [0.1, 0.15) is 0 Å². The summed E-state index contributed by atoms with van der Waals surface area (Å²) in [6.45, 7) is 7.99. The van der Waals surface area contributed by atoms with E-state index in [2.05, 4.69) is 20.8 Å². The van der Waals surface area contributed by atoms with Crippen LogP contribution in [0.1, 0.15) is 52.9 Å². The lowest BCUT2D eigenvalue weighted by Gasteiger charge is -2.39. The van der Waals surface area contributed by atoms with Crippen LogP contribution in [0.25, 0.3) is 0 Å². The summed E-state index contributed by atoms with van der Waals surface area (Å²) in [4.78, 5) is 0. The minimum atomic E-state index is 0.246. The van der Waals surface area contributed by atoms with E-state index in [1.54, 1.807) is 0 Å². The average molecular weight is 238 g/mol. The van der Waals surface area contributed by atoms with Gasteiger partial charge in [0.15, 0.2) is 0 Å². The highest BCUT2D eigenvalue weighted by molar-refractivity contribution is 5.04. The van der Waals surface area contributed by atoms with Crippen molar-refractivity contribution in [1.29, 1.82) is 0 Å². The van der Waals surface area contributed by atoms with Crippen LogP contribution in [0.2, 0.25) is 0 Å². The van der Waals surface area contributed by atoms with E-state index in [4.69, 9.17) is 9.47 Å². The zero-order valence-corrected chi connectivity index (χ0v) is 11.4. The molecule has 1 aliphatic carbocycles. The molecule has 2 saturated heterocycles. The molecule has 0 aromatic carbocycles. The molecule has 2 aliphatic heterocycles. The number of rotatable bonds is 2. The lowest BCUT2D eigenvalue weighted by Crippen LogP contribution is -2.37. The summed E-state index contributed by atoms with van der Waals surface area (Å²) in [5.74, 6) is 2.42. The molecule has 0 bridgehead atoms. The van der Waals surface area contributed by atoms with Gasteiger partial charge in [0.25, 0.3) is 0 Å². The fourth-order valence-electron chi connectivity index (χ4n) is 4.26. The molecule has 2 nitrogen and oxygen atoms in total. The zero-order valence-electron chi connectivity index (χ0n) is 11.4. The van der Waals surface area contributed by atoms with Crippen molar-refractivity contribution in [1.82, 2.24) is 0 Å². The molecule has 3 rings (SSSR count). The number of epoxide rings is 1. The van der Waals surface area contributed by atoms with E-state index in [-0.39, 0.29) is 5.60 Å². The maximum atomic E-state index is 5.83. The highest BCUT2D eigenvalue weighted by Crippen LogP contribution is 2.52. The van der Waals surface area contributed by atoms with Gasteiger partial charge in [-0.1, -0.05) is 6.92 Å². The van der Waals surface area contributed by atoms with E-state index in [9.17, 15) is 0 Å². The summed E-state index contributed by atoms with van der Waals surface area (Å²) in [6.07, 6.45) is 7.60. The lowest BCUT2D eigenvalue weighted by molar-refractivity contribution is -0.0457. The van der Waals surface area contributed by atoms with Gasteiger partial charge >= 0.3 is 0 Å². The highest BCUT2D eigenvalue weighted by atomic mass is 16.6. The van der Waals surface area contributed by atoms with E-state index in [0.29, 0.717) is 12.2 Å². The van der Waals surface area contributed by atoms with Crippen molar-refractivity contribution in [2.24, 2.45) is 17.8 Å². The number of fused-ring (bicyclic) bond motifs is 1. The number of hydrogen-bond donors (Lipinski definition) is 0. The Morgan fingerprint density at radius 3 is 2.76 bits per heavy atom. The maximum Gasteiger partial charge on any atom is 0.0923 e. The Morgan fingerprint density at radius 1 is 1.24 bits per heavy atom. The summed E-state index contributed by atoms with van der Waals surface area (Å²) >= 11 is 0. The summed E-state index contributed by atoms with van der Waals surface area (Å²) in [7, 11) is 0. The van der Waals surface area contributed by atoms with Gasteiger partial charge < -0.3 is 9.47 Å². The second-order valence-corrected chi connectivity index (χ2v) is 6.70. The fourth-order valence-corrected chi connectivity index (χ4v) is 4.26. The number of hydrogen-bond acceptors (Lipinski definition) is 2. The topological polar surface area (TPSA) is 21.8 Å². The second-order valence-electron chi connectivity index (χ2n) is 6.70. The van der Waals surface area contributed by atoms with Gasteiger partial charge in [0.05, 0.1) is 17.8 Å². The van der Waals surface area contributed by atoms with Crippen molar-refractivity contribution in [3.05, 3.63) is 0 Å². The third kappa shape index (κ3) is 2.15. The van der Waals surface area contributed by atoms with Crippen molar-refractivity contribution in [2.45, 2.75) is 70.7 Å². The minimum Gasteiger partial charge on any atom is -0.378 e. The largest absolute Gasteiger partial charge is 0.378 e. The van der Waals surface area contributed by atoms with Gasteiger partial charge in [-0.25, -0.2) is 0 Å². The molecule has 0 radical (unpaired) electrons. The molecule has 17 heavy (non-hydrogen) atoms. The van der Waals surface area contributed by atoms with Gasteiger partial charge in [-0.2, -0.15) is 0 Å². The first kappa shape index (κ1) is 12.0. The molecule has 3 aliphatic rings. The van der Waals surface area contributed by atoms with Crippen LogP contribution >= 0.6 is 0 Å². The third-order valence-electron chi connectivity index (χ3n) is 5.59. The van der Waals surface area contributed by atoms with Crippen molar-refractivity contribution >= 4 is 0 Å². The molecule has 0 aromatic heterocycles. The molecule has 1 saturated carbocycles. The first-order valence-corrected chi connectivity index (χ1v) is 7.39. The van der Waals surface area contributed by atoms with Crippen molar-refractivity contribution in [3.8, 4) is 0 Å². The predicted octanol–water partition coefficient (Wildman–Crippen LogP) is 3.40. The van der Waals surface area contributed by atoms with Gasteiger partial charge in [-0.15, -0.1) is 0 Å². The van der Waals surface area contributed by atoms with E-state index in [0.717, 1.165) is 24.4 Å². The summed E-state index contributed by atoms with van der Waals surface area (Å²) < 4.78 is 11.7. The molecular formula is C15H26O2. The molecule has 0 N–H and O–H groups in total. The Balaban J connectivity index is 1.63. The van der Waals surface area contributed by atoms with E-state index in [1.807, 2.05) is 0 Å². The molecular weight excluding hydrogens is 212 g/mol. The summed E-state index contributed by atoms with van der Waals surface area (Å²) in [6, 6.07) is 0. The molecule has 2 heteroatoms. The van der Waals surface area contributed by atoms with Gasteiger partial charge in [-0.3, -0.25) is 0 Å². The summed E-state index contributed by atoms with van der Waals surface area (Å²) in [5, 5.41) is 0. The van der Waals surface area contributed by atoms with E-state index < -0.39 is 0 Å². The monoisotopic (exact) mass is 238 g/mol. The highest BCUT2D eigenvalue weighted by Gasteiger charge is 2.56.